The molecule has 0 unspecified atom stereocenters. The van der Waals surface area contributed by atoms with Gasteiger partial charge >= 0.3 is 0 Å². The molecule has 1 aliphatic heterocycles. The van der Waals surface area contributed by atoms with Crippen LogP contribution in [0.1, 0.15) is 12.1 Å². The average Bonchev–Trinajstić information content (AvgIpc) is 2.95. The number of ether oxygens (including phenoxy) is 1. The lowest BCUT2D eigenvalue weighted by molar-refractivity contribution is 0.0376. The molecule has 0 spiro atoms. The van der Waals surface area contributed by atoms with Gasteiger partial charge in [-0.3, -0.25) is 4.90 Å². The lowest BCUT2D eigenvalue weighted by Crippen LogP contribution is -2.38. The van der Waals surface area contributed by atoms with E-state index in [-0.39, 0.29) is 0 Å². The van der Waals surface area contributed by atoms with Gasteiger partial charge in [0.25, 0.3) is 0 Å². The highest BCUT2D eigenvalue weighted by molar-refractivity contribution is 7.89. The Morgan fingerprint density at radius 2 is 2.14 bits per heavy atom. The highest BCUT2D eigenvalue weighted by atomic mass is 32.2. The van der Waals surface area contributed by atoms with Crippen LogP contribution in [0.2, 0.25) is 0 Å². The summed E-state index contributed by atoms with van der Waals surface area (Å²) < 4.78 is 32.2. The topological polar surface area (TPSA) is 86.5 Å². The van der Waals surface area contributed by atoms with Crippen molar-refractivity contribution in [3.8, 4) is 0 Å². The Bertz CT molecular complexity index is 523. The van der Waals surface area contributed by atoms with Gasteiger partial charge in [0, 0.05) is 38.1 Å². The Balaban J connectivity index is 1.75. The molecule has 1 aromatic heterocycles. The van der Waals surface area contributed by atoms with Crippen LogP contribution in [0.15, 0.2) is 17.2 Å². The van der Waals surface area contributed by atoms with Crippen LogP contribution in [0.4, 0.5) is 0 Å². The molecular weight excluding hydrogens is 292 g/mol. The first-order valence-corrected chi connectivity index (χ1v) is 8.72. The van der Waals surface area contributed by atoms with Crippen LogP contribution in [0, 0.1) is 0 Å². The molecule has 3 N–H and O–H groups in total. The standard InChI is InChI=1S/C13H24N4O3S/c1-14-10-12-9-13(11-15-12)21(18,19)16-3-2-4-17-5-7-20-8-6-17/h9,11,14-16H,2-8,10H2,1H3. The summed E-state index contributed by atoms with van der Waals surface area (Å²) in [5, 5.41) is 2.98. The molecule has 1 saturated heterocycles. The molecule has 0 aliphatic carbocycles. The molecule has 0 radical (unpaired) electrons. The van der Waals surface area contributed by atoms with E-state index in [0.717, 1.165) is 45.0 Å². The fourth-order valence-corrected chi connectivity index (χ4v) is 3.38. The van der Waals surface area contributed by atoms with Crippen molar-refractivity contribution in [2.24, 2.45) is 0 Å². The predicted molar refractivity (Wildman–Crippen MR) is 80.6 cm³/mol. The molecule has 1 aromatic rings. The maximum atomic E-state index is 12.1. The van der Waals surface area contributed by atoms with Crippen LogP contribution >= 0.6 is 0 Å². The largest absolute Gasteiger partial charge is 0.379 e. The molecule has 21 heavy (non-hydrogen) atoms. The van der Waals surface area contributed by atoms with Gasteiger partial charge in [-0.25, -0.2) is 13.1 Å². The zero-order valence-electron chi connectivity index (χ0n) is 12.4. The number of aromatic nitrogens is 1. The van der Waals surface area contributed by atoms with Crippen LogP contribution in [0.5, 0.6) is 0 Å². The van der Waals surface area contributed by atoms with Gasteiger partial charge in [0.15, 0.2) is 0 Å². The fraction of sp³-hybridized carbons (Fsp3) is 0.692. The fourth-order valence-electron chi connectivity index (χ4n) is 2.28. The van der Waals surface area contributed by atoms with E-state index in [1.54, 1.807) is 6.07 Å². The predicted octanol–water partition coefficient (Wildman–Crippen LogP) is -0.265. The van der Waals surface area contributed by atoms with Crippen molar-refractivity contribution in [1.82, 2.24) is 19.9 Å². The Hall–Kier alpha value is -0.930. The van der Waals surface area contributed by atoms with E-state index in [2.05, 4.69) is 19.9 Å². The summed E-state index contributed by atoms with van der Waals surface area (Å²) in [6, 6.07) is 1.65. The van der Waals surface area contributed by atoms with Gasteiger partial charge in [0.1, 0.15) is 0 Å². The lowest BCUT2D eigenvalue weighted by Gasteiger charge is -2.26. The molecule has 0 amide bonds. The highest BCUT2D eigenvalue weighted by Gasteiger charge is 2.16. The van der Waals surface area contributed by atoms with Crippen molar-refractivity contribution in [3.63, 3.8) is 0 Å². The van der Waals surface area contributed by atoms with Crippen molar-refractivity contribution in [1.29, 1.82) is 0 Å². The van der Waals surface area contributed by atoms with Crippen LogP contribution in [0.25, 0.3) is 0 Å². The Kier molecular flexibility index (Phi) is 6.19. The van der Waals surface area contributed by atoms with Gasteiger partial charge in [0.2, 0.25) is 10.0 Å². The first-order valence-electron chi connectivity index (χ1n) is 7.23. The van der Waals surface area contributed by atoms with Gasteiger partial charge in [-0.15, -0.1) is 0 Å². The number of sulfonamides is 1. The summed E-state index contributed by atoms with van der Waals surface area (Å²) in [4.78, 5) is 5.53. The van der Waals surface area contributed by atoms with E-state index in [4.69, 9.17) is 4.74 Å². The number of H-pyrrole nitrogens is 1. The minimum Gasteiger partial charge on any atom is -0.379 e. The smallest absolute Gasteiger partial charge is 0.242 e. The molecular formula is C13H24N4O3S. The molecule has 2 heterocycles. The second-order valence-corrected chi connectivity index (χ2v) is 6.86. The molecule has 8 heteroatoms. The molecule has 0 aromatic carbocycles. The number of nitrogens with one attached hydrogen (secondary N) is 3. The summed E-state index contributed by atoms with van der Waals surface area (Å²) in [5.41, 5.74) is 0.853. The first kappa shape index (κ1) is 16.4. The second kappa shape index (κ2) is 7.90. The minimum atomic E-state index is -3.41. The van der Waals surface area contributed by atoms with Crippen LogP contribution in [0.3, 0.4) is 0 Å². The maximum absolute atomic E-state index is 12.1. The van der Waals surface area contributed by atoms with E-state index < -0.39 is 10.0 Å². The van der Waals surface area contributed by atoms with Gasteiger partial charge in [-0.2, -0.15) is 0 Å². The van der Waals surface area contributed by atoms with Crippen LogP contribution in [-0.2, 0) is 21.3 Å². The third-order valence-corrected chi connectivity index (χ3v) is 4.88. The SMILES string of the molecule is CNCc1cc(S(=O)(=O)NCCCN2CCOCC2)c[nH]1. The quantitative estimate of drug-likeness (QED) is 0.575. The molecule has 7 nitrogen and oxygen atoms in total. The number of hydrogen-bond acceptors (Lipinski definition) is 5. The molecule has 1 aliphatic rings. The van der Waals surface area contributed by atoms with Crippen LogP contribution < -0.4 is 10.0 Å². The summed E-state index contributed by atoms with van der Waals surface area (Å²) in [7, 11) is -1.59. The number of nitrogens with zero attached hydrogens (tertiary/aromatic N) is 1. The Morgan fingerprint density at radius 3 is 2.86 bits per heavy atom. The van der Waals surface area contributed by atoms with E-state index in [1.165, 1.54) is 6.20 Å². The normalized spacial score (nSPS) is 17.2. The van der Waals surface area contributed by atoms with Gasteiger partial charge in [-0.05, 0) is 26.1 Å². The van der Waals surface area contributed by atoms with Crippen LogP contribution in [-0.4, -0.2) is 64.7 Å². The van der Waals surface area contributed by atoms with E-state index >= 15 is 0 Å². The first-order chi connectivity index (χ1) is 10.1. The number of morpholine rings is 1. The van der Waals surface area contributed by atoms with Gasteiger partial charge in [-0.1, -0.05) is 0 Å². The zero-order chi connectivity index (χ0) is 15.1. The van der Waals surface area contributed by atoms with Crippen molar-refractivity contribution in [2.45, 2.75) is 17.9 Å². The van der Waals surface area contributed by atoms with Crippen molar-refractivity contribution in [3.05, 3.63) is 18.0 Å². The number of rotatable bonds is 8. The van der Waals surface area contributed by atoms with E-state index in [0.29, 0.717) is 18.0 Å². The van der Waals surface area contributed by atoms with E-state index in [9.17, 15) is 8.42 Å². The van der Waals surface area contributed by atoms with Gasteiger partial charge in [0.05, 0.1) is 18.1 Å². The monoisotopic (exact) mass is 316 g/mol. The lowest BCUT2D eigenvalue weighted by atomic mass is 10.3. The van der Waals surface area contributed by atoms with Crippen molar-refractivity contribution in [2.75, 3.05) is 46.4 Å². The van der Waals surface area contributed by atoms with E-state index in [1.807, 2.05) is 7.05 Å². The minimum absolute atomic E-state index is 0.291. The van der Waals surface area contributed by atoms with Gasteiger partial charge < -0.3 is 15.0 Å². The van der Waals surface area contributed by atoms with Crippen molar-refractivity contribution < 1.29 is 13.2 Å². The molecule has 120 valence electrons. The molecule has 1 fully saturated rings. The molecule has 2 rings (SSSR count). The Morgan fingerprint density at radius 1 is 1.38 bits per heavy atom. The number of hydrogen-bond donors (Lipinski definition) is 3. The van der Waals surface area contributed by atoms with Crippen molar-refractivity contribution >= 4 is 10.0 Å². The summed E-state index contributed by atoms with van der Waals surface area (Å²) in [6.45, 7) is 5.35. The highest BCUT2D eigenvalue weighted by Crippen LogP contribution is 2.10. The summed E-state index contributed by atoms with van der Waals surface area (Å²) >= 11 is 0. The molecule has 0 atom stereocenters. The second-order valence-electron chi connectivity index (χ2n) is 5.10. The molecule has 0 saturated carbocycles. The Labute approximate surface area is 126 Å². The molecule has 0 bridgehead atoms. The summed E-state index contributed by atoms with van der Waals surface area (Å²) in [6.07, 6.45) is 2.32. The average molecular weight is 316 g/mol. The maximum Gasteiger partial charge on any atom is 0.242 e. The zero-order valence-corrected chi connectivity index (χ0v) is 13.2. The number of aromatic amines is 1. The third kappa shape index (κ3) is 5.08. The summed E-state index contributed by atoms with van der Waals surface area (Å²) in [5.74, 6) is 0. The third-order valence-electron chi connectivity index (χ3n) is 3.44.